The van der Waals surface area contributed by atoms with Gasteiger partial charge >= 0.3 is 0 Å². The second-order valence-electron chi connectivity index (χ2n) is 4.40. The van der Waals surface area contributed by atoms with E-state index in [-0.39, 0.29) is 11.5 Å². The monoisotopic (exact) mass is 274 g/mol. The molecule has 20 heavy (non-hydrogen) atoms. The van der Waals surface area contributed by atoms with Crippen LogP contribution in [-0.2, 0) is 0 Å². The molecule has 0 aliphatic rings. The third kappa shape index (κ3) is 3.57. The maximum atomic E-state index is 10.1. The molecule has 106 valence electrons. The van der Waals surface area contributed by atoms with Gasteiger partial charge in [0.25, 0.3) is 0 Å². The lowest BCUT2D eigenvalue weighted by atomic mass is 10.3. The van der Waals surface area contributed by atoms with Gasteiger partial charge in [-0.2, -0.15) is 0 Å². The van der Waals surface area contributed by atoms with Crippen LogP contribution in [0.15, 0.2) is 42.5 Å². The molecule has 0 heterocycles. The molecular formula is C16H18O4. The molecule has 0 atom stereocenters. The van der Waals surface area contributed by atoms with Crippen LogP contribution in [0, 0.1) is 0 Å². The Kier molecular flexibility index (Phi) is 4.71. The largest absolute Gasteiger partial charge is 0.508 e. The summed E-state index contributed by atoms with van der Waals surface area (Å²) in [6.07, 6.45) is 1.96. The van der Waals surface area contributed by atoms with Crippen LogP contribution in [0.1, 0.15) is 19.8 Å². The quantitative estimate of drug-likeness (QED) is 0.779. The zero-order valence-corrected chi connectivity index (χ0v) is 11.4. The average molecular weight is 274 g/mol. The first kappa shape index (κ1) is 14.1. The summed E-state index contributed by atoms with van der Waals surface area (Å²) in [5, 5.41) is 19.5. The van der Waals surface area contributed by atoms with E-state index in [4.69, 9.17) is 9.47 Å². The highest BCUT2D eigenvalue weighted by atomic mass is 16.5. The van der Waals surface area contributed by atoms with E-state index < -0.39 is 0 Å². The Bertz CT molecular complexity index is 566. The topological polar surface area (TPSA) is 58.9 Å². The van der Waals surface area contributed by atoms with Gasteiger partial charge in [0.15, 0.2) is 11.5 Å². The standard InChI is InChI=1S/C16H18O4/c1-2-3-10-19-14-8-5-9-15(16(14)18)20-13-7-4-6-12(17)11-13/h4-9,11,17-18H,2-3,10H2,1H3. The van der Waals surface area contributed by atoms with Crippen LogP contribution in [-0.4, -0.2) is 16.8 Å². The summed E-state index contributed by atoms with van der Waals surface area (Å²) < 4.78 is 11.0. The van der Waals surface area contributed by atoms with Crippen molar-refractivity contribution in [2.24, 2.45) is 0 Å². The second-order valence-corrected chi connectivity index (χ2v) is 4.40. The van der Waals surface area contributed by atoms with Crippen LogP contribution in [0.4, 0.5) is 0 Å². The molecule has 0 bridgehead atoms. The molecule has 2 aromatic carbocycles. The van der Waals surface area contributed by atoms with E-state index in [1.165, 1.54) is 6.07 Å². The predicted molar refractivity (Wildman–Crippen MR) is 76.7 cm³/mol. The van der Waals surface area contributed by atoms with Gasteiger partial charge in [-0.15, -0.1) is 0 Å². The van der Waals surface area contributed by atoms with Crippen LogP contribution in [0.3, 0.4) is 0 Å². The third-order valence-corrected chi connectivity index (χ3v) is 2.76. The fourth-order valence-corrected chi connectivity index (χ4v) is 1.70. The molecule has 4 nitrogen and oxygen atoms in total. The highest BCUT2D eigenvalue weighted by Crippen LogP contribution is 2.38. The van der Waals surface area contributed by atoms with E-state index in [1.807, 2.05) is 0 Å². The zero-order chi connectivity index (χ0) is 14.4. The van der Waals surface area contributed by atoms with Crippen LogP contribution in [0.2, 0.25) is 0 Å². The van der Waals surface area contributed by atoms with Gasteiger partial charge in [-0.05, 0) is 30.7 Å². The summed E-state index contributed by atoms with van der Waals surface area (Å²) in [4.78, 5) is 0. The smallest absolute Gasteiger partial charge is 0.201 e. The summed E-state index contributed by atoms with van der Waals surface area (Å²) >= 11 is 0. The molecule has 0 saturated carbocycles. The van der Waals surface area contributed by atoms with Crippen molar-refractivity contribution in [3.63, 3.8) is 0 Å². The Morgan fingerprint density at radius 2 is 1.75 bits per heavy atom. The summed E-state index contributed by atoms with van der Waals surface area (Å²) in [5.74, 6) is 1.22. The minimum atomic E-state index is -0.0352. The van der Waals surface area contributed by atoms with Gasteiger partial charge in [-0.3, -0.25) is 0 Å². The lowest BCUT2D eigenvalue weighted by molar-refractivity contribution is 0.287. The van der Waals surface area contributed by atoms with Crippen molar-refractivity contribution in [1.29, 1.82) is 0 Å². The molecule has 0 amide bonds. The van der Waals surface area contributed by atoms with Crippen molar-refractivity contribution in [2.45, 2.75) is 19.8 Å². The average Bonchev–Trinajstić information content (AvgIpc) is 2.43. The van der Waals surface area contributed by atoms with Crippen molar-refractivity contribution in [1.82, 2.24) is 0 Å². The summed E-state index contributed by atoms with van der Waals surface area (Å²) in [6.45, 7) is 2.63. The summed E-state index contributed by atoms with van der Waals surface area (Å²) in [5.41, 5.74) is 0. The molecule has 0 unspecified atom stereocenters. The zero-order valence-electron chi connectivity index (χ0n) is 11.4. The molecule has 2 N–H and O–H groups in total. The Balaban J connectivity index is 2.14. The van der Waals surface area contributed by atoms with E-state index in [0.29, 0.717) is 23.9 Å². The van der Waals surface area contributed by atoms with Gasteiger partial charge in [-0.25, -0.2) is 0 Å². The normalized spacial score (nSPS) is 10.2. The SMILES string of the molecule is CCCCOc1cccc(Oc2cccc(O)c2)c1O. The molecule has 0 saturated heterocycles. The minimum absolute atomic E-state index is 0.0352. The van der Waals surface area contributed by atoms with Gasteiger partial charge in [0.05, 0.1) is 6.61 Å². The highest BCUT2D eigenvalue weighted by Gasteiger charge is 2.10. The van der Waals surface area contributed by atoms with Crippen molar-refractivity contribution < 1.29 is 19.7 Å². The van der Waals surface area contributed by atoms with Gasteiger partial charge in [-0.1, -0.05) is 25.5 Å². The molecule has 0 aliphatic heterocycles. The lowest BCUT2D eigenvalue weighted by Crippen LogP contribution is -1.97. The van der Waals surface area contributed by atoms with E-state index >= 15 is 0 Å². The van der Waals surface area contributed by atoms with E-state index in [9.17, 15) is 10.2 Å². The first-order valence-corrected chi connectivity index (χ1v) is 6.62. The molecule has 4 heteroatoms. The van der Waals surface area contributed by atoms with Crippen molar-refractivity contribution in [2.75, 3.05) is 6.61 Å². The summed E-state index contributed by atoms with van der Waals surface area (Å²) in [7, 11) is 0. The van der Waals surface area contributed by atoms with Crippen molar-refractivity contribution >= 4 is 0 Å². The van der Waals surface area contributed by atoms with Crippen LogP contribution in [0.5, 0.6) is 28.7 Å². The van der Waals surface area contributed by atoms with Crippen LogP contribution in [0.25, 0.3) is 0 Å². The highest BCUT2D eigenvalue weighted by molar-refractivity contribution is 5.51. The number of rotatable bonds is 6. The maximum absolute atomic E-state index is 10.1. The number of hydrogen-bond acceptors (Lipinski definition) is 4. The van der Waals surface area contributed by atoms with E-state index in [1.54, 1.807) is 36.4 Å². The first-order chi connectivity index (χ1) is 9.70. The number of hydrogen-bond donors (Lipinski definition) is 2. The number of phenolic OH excluding ortho intramolecular Hbond substituents is 2. The Labute approximate surface area is 118 Å². The number of para-hydroxylation sites is 1. The maximum Gasteiger partial charge on any atom is 0.201 e. The Morgan fingerprint density at radius 3 is 2.50 bits per heavy atom. The molecule has 0 spiro atoms. The fourth-order valence-electron chi connectivity index (χ4n) is 1.70. The molecule has 0 radical (unpaired) electrons. The minimum Gasteiger partial charge on any atom is -0.508 e. The third-order valence-electron chi connectivity index (χ3n) is 2.76. The fraction of sp³-hybridized carbons (Fsp3) is 0.250. The molecular weight excluding hydrogens is 256 g/mol. The van der Waals surface area contributed by atoms with Gasteiger partial charge < -0.3 is 19.7 Å². The number of unbranched alkanes of at least 4 members (excludes halogenated alkanes) is 1. The molecule has 2 aromatic rings. The lowest BCUT2D eigenvalue weighted by Gasteiger charge is -2.12. The number of phenols is 2. The Hall–Kier alpha value is -2.36. The Morgan fingerprint density at radius 1 is 1.00 bits per heavy atom. The van der Waals surface area contributed by atoms with Gasteiger partial charge in [0.2, 0.25) is 5.75 Å². The number of ether oxygens (including phenoxy) is 2. The first-order valence-electron chi connectivity index (χ1n) is 6.62. The van der Waals surface area contributed by atoms with Crippen molar-refractivity contribution in [3.05, 3.63) is 42.5 Å². The van der Waals surface area contributed by atoms with Crippen LogP contribution < -0.4 is 9.47 Å². The molecule has 0 fully saturated rings. The van der Waals surface area contributed by atoms with E-state index in [2.05, 4.69) is 6.92 Å². The van der Waals surface area contributed by atoms with Crippen LogP contribution >= 0.6 is 0 Å². The van der Waals surface area contributed by atoms with E-state index in [0.717, 1.165) is 12.8 Å². The molecule has 2 rings (SSSR count). The van der Waals surface area contributed by atoms with Gasteiger partial charge in [0, 0.05) is 6.07 Å². The molecule has 0 aliphatic carbocycles. The van der Waals surface area contributed by atoms with Gasteiger partial charge in [0.1, 0.15) is 11.5 Å². The van der Waals surface area contributed by atoms with Crippen molar-refractivity contribution in [3.8, 4) is 28.7 Å². The predicted octanol–water partition coefficient (Wildman–Crippen LogP) is 4.07. The summed E-state index contributed by atoms with van der Waals surface area (Å²) in [6, 6.07) is 11.5. The number of benzene rings is 2. The number of aromatic hydroxyl groups is 2. The second kappa shape index (κ2) is 6.70. The molecule has 0 aromatic heterocycles.